The van der Waals surface area contributed by atoms with E-state index in [1.54, 1.807) is 13.3 Å². The number of aromatic nitrogens is 1. The first kappa shape index (κ1) is 13.8. The Bertz CT molecular complexity index is 875. The summed E-state index contributed by atoms with van der Waals surface area (Å²) in [5.74, 6) is 1.48. The van der Waals surface area contributed by atoms with Crippen LogP contribution < -0.4 is 4.74 Å². The van der Waals surface area contributed by atoms with Crippen LogP contribution in [0.1, 0.15) is 17.3 Å². The maximum Gasteiger partial charge on any atom is 0.236 e. The Balaban J connectivity index is 1.66. The molecule has 0 N–H and O–H groups in total. The molecule has 1 atom stereocenters. The topological polar surface area (TPSA) is 43.7 Å². The Morgan fingerprint density at radius 3 is 2.74 bits per heavy atom. The summed E-state index contributed by atoms with van der Waals surface area (Å²) >= 11 is 0. The van der Waals surface area contributed by atoms with Crippen LogP contribution in [-0.4, -0.2) is 24.6 Å². The first-order valence-corrected chi connectivity index (χ1v) is 7.53. The summed E-state index contributed by atoms with van der Waals surface area (Å²) in [5.41, 5.74) is 1.93. The molecule has 4 nitrogen and oxygen atoms in total. The van der Waals surface area contributed by atoms with Gasteiger partial charge in [-0.2, -0.15) is 0 Å². The van der Waals surface area contributed by atoms with Crippen LogP contribution in [0.2, 0.25) is 0 Å². The normalized spacial score (nSPS) is 16.9. The van der Waals surface area contributed by atoms with Crippen LogP contribution in [0.25, 0.3) is 10.8 Å². The predicted octanol–water partition coefficient (Wildman–Crippen LogP) is 3.76. The van der Waals surface area contributed by atoms with Crippen LogP contribution in [0.4, 0.5) is 0 Å². The van der Waals surface area contributed by atoms with Crippen molar-refractivity contribution in [1.82, 2.24) is 4.98 Å². The quantitative estimate of drug-likeness (QED) is 0.740. The molecule has 0 aliphatic carbocycles. The number of nitrogens with zero attached hydrogens (tertiary/aromatic N) is 2. The largest absolute Gasteiger partial charge is 0.497 e. The molecule has 0 spiro atoms. The zero-order valence-corrected chi connectivity index (χ0v) is 12.8. The maximum absolute atomic E-state index is 5.72. The van der Waals surface area contributed by atoms with Crippen molar-refractivity contribution >= 4 is 16.7 Å². The van der Waals surface area contributed by atoms with Crippen molar-refractivity contribution < 1.29 is 9.47 Å². The lowest BCUT2D eigenvalue weighted by atomic mass is 10.0. The van der Waals surface area contributed by atoms with Gasteiger partial charge in [-0.3, -0.25) is 4.98 Å². The SMILES string of the molecule is COc1ccc2cc(C3COC(c4ccccn4)=N3)ccc2c1. The second-order valence-electron chi connectivity index (χ2n) is 5.45. The minimum atomic E-state index is 0.0125. The molecule has 0 bridgehead atoms. The summed E-state index contributed by atoms with van der Waals surface area (Å²) in [4.78, 5) is 8.96. The van der Waals surface area contributed by atoms with Gasteiger partial charge in [0.1, 0.15) is 24.1 Å². The number of methoxy groups -OCH3 is 1. The fourth-order valence-electron chi connectivity index (χ4n) is 2.75. The monoisotopic (exact) mass is 304 g/mol. The predicted molar refractivity (Wildman–Crippen MR) is 90.0 cm³/mol. The Kier molecular flexibility index (Phi) is 3.42. The molecule has 1 aliphatic heterocycles. The van der Waals surface area contributed by atoms with Crippen molar-refractivity contribution in [2.45, 2.75) is 6.04 Å². The summed E-state index contributed by atoms with van der Waals surface area (Å²) < 4.78 is 11.0. The number of pyridine rings is 1. The standard InChI is InChI=1S/C19H16N2O2/c1-22-16-8-7-13-10-15(6-5-14(13)11-16)18-12-23-19(21-18)17-4-2-3-9-20-17/h2-11,18H,12H2,1H3. The van der Waals surface area contributed by atoms with Crippen LogP contribution in [0.15, 0.2) is 65.8 Å². The molecule has 1 unspecified atom stereocenters. The molecular formula is C19H16N2O2. The van der Waals surface area contributed by atoms with E-state index in [0.29, 0.717) is 12.5 Å². The van der Waals surface area contributed by atoms with E-state index in [0.717, 1.165) is 22.4 Å². The molecule has 0 radical (unpaired) electrons. The lowest BCUT2D eigenvalue weighted by molar-refractivity contribution is 0.319. The fourth-order valence-corrected chi connectivity index (χ4v) is 2.75. The smallest absolute Gasteiger partial charge is 0.236 e. The number of aliphatic imine (C=N–C) groups is 1. The van der Waals surface area contributed by atoms with Gasteiger partial charge in [-0.05, 0) is 46.7 Å². The zero-order chi connectivity index (χ0) is 15.6. The zero-order valence-electron chi connectivity index (χ0n) is 12.8. The van der Waals surface area contributed by atoms with Crippen LogP contribution >= 0.6 is 0 Å². The van der Waals surface area contributed by atoms with E-state index in [9.17, 15) is 0 Å². The average molecular weight is 304 g/mol. The van der Waals surface area contributed by atoms with Gasteiger partial charge < -0.3 is 9.47 Å². The summed E-state index contributed by atoms with van der Waals surface area (Å²) in [6.07, 6.45) is 1.75. The molecular weight excluding hydrogens is 288 g/mol. The van der Waals surface area contributed by atoms with Crippen molar-refractivity contribution in [3.05, 3.63) is 72.1 Å². The summed E-state index contributed by atoms with van der Waals surface area (Å²) in [5, 5.41) is 2.32. The molecule has 4 rings (SSSR count). The summed E-state index contributed by atoms with van der Waals surface area (Å²) in [6, 6.07) is 18.2. The van der Waals surface area contributed by atoms with Crippen LogP contribution in [0.3, 0.4) is 0 Å². The lowest BCUT2D eigenvalue weighted by Crippen LogP contribution is -2.03. The van der Waals surface area contributed by atoms with E-state index < -0.39 is 0 Å². The maximum atomic E-state index is 5.72. The van der Waals surface area contributed by atoms with Crippen molar-refractivity contribution in [3.63, 3.8) is 0 Å². The molecule has 0 fully saturated rings. The second-order valence-corrected chi connectivity index (χ2v) is 5.45. The minimum absolute atomic E-state index is 0.0125. The first-order valence-electron chi connectivity index (χ1n) is 7.53. The molecule has 4 heteroatoms. The average Bonchev–Trinajstić information content (AvgIpc) is 3.11. The highest BCUT2D eigenvalue weighted by Crippen LogP contribution is 2.29. The molecule has 0 saturated carbocycles. The Labute approximate surface area is 134 Å². The number of hydrogen-bond acceptors (Lipinski definition) is 4. The van der Waals surface area contributed by atoms with E-state index in [2.05, 4.69) is 34.2 Å². The van der Waals surface area contributed by atoms with Gasteiger partial charge in [0, 0.05) is 6.20 Å². The van der Waals surface area contributed by atoms with Crippen molar-refractivity contribution in [2.75, 3.05) is 13.7 Å². The van der Waals surface area contributed by atoms with Gasteiger partial charge in [0.25, 0.3) is 0 Å². The number of rotatable bonds is 3. The fraction of sp³-hybridized carbons (Fsp3) is 0.158. The highest BCUT2D eigenvalue weighted by Gasteiger charge is 2.22. The third-order valence-electron chi connectivity index (χ3n) is 3.99. The minimum Gasteiger partial charge on any atom is -0.497 e. The Hall–Kier alpha value is -2.88. The number of fused-ring (bicyclic) bond motifs is 1. The molecule has 114 valence electrons. The van der Waals surface area contributed by atoms with Gasteiger partial charge in [0.2, 0.25) is 5.90 Å². The van der Waals surface area contributed by atoms with Gasteiger partial charge in [-0.15, -0.1) is 0 Å². The number of ether oxygens (including phenoxy) is 2. The third-order valence-corrected chi connectivity index (χ3v) is 3.99. The van der Waals surface area contributed by atoms with E-state index in [4.69, 9.17) is 9.47 Å². The van der Waals surface area contributed by atoms with Crippen molar-refractivity contribution in [1.29, 1.82) is 0 Å². The van der Waals surface area contributed by atoms with Crippen molar-refractivity contribution in [2.24, 2.45) is 4.99 Å². The molecule has 2 aromatic carbocycles. The molecule has 0 saturated heterocycles. The summed E-state index contributed by atoms with van der Waals surface area (Å²) in [7, 11) is 1.68. The lowest BCUT2D eigenvalue weighted by Gasteiger charge is -2.08. The van der Waals surface area contributed by atoms with Gasteiger partial charge in [0.05, 0.1) is 7.11 Å². The van der Waals surface area contributed by atoms with Gasteiger partial charge >= 0.3 is 0 Å². The Morgan fingerprint density at radius 2 is 1.91 bits per heavy atom. The summed E-state index contributed by atoms with van der Waals surface area (Å²) in [6.45, 7) is 0.549. The van der Waals surface area contributed by atoms with Crippen LogP contribution in [0, 0.1) is 0 Å². The van der Waals surface area contributed by atoms with E-state index in [-0.39, 0.29) is 6.04 Å². The molecule has 1 aliphatic rings. The van der Waals surface area contributed by atoms with E-state index >= 15 is 0 Å². The molecule has 2 heterocycles. The van der Waals surface area contributed by atoms with Crippen LogP contribution in [0.5, 0.6) is 5.75 Å². The second kappa shape index (κ2) is 5.72. The van der Waals surface area contributed by atoms with Gasteiger partial charge in [-0.25, -0.2) is 4.99 Å². The Morgan fingerprint density at radius 1 is 1.04 bits per heavy atom. The molecule has 0 amide bonds. The molecule has 3 aromatic rings. The van der Waals surface area contributed by atoms with Crippen LogP contribution in [-0.2, 0) is 4.74 Å². The van der Waals surface area contributed by atoms with Gasteiger partial charge in [0.15, 0.2) is 0 Å². The highest BCUT2D eigenvalue weighted by atomic mass is 16.5. The molecule has 1 aromatic heterocycles. The van der Waals surface area contributed by atoms with E-state index in [1.807, 2.05) is 30.3 Å². The van der Waals surface area contributed by atoms with Gasteiger partial charge in [-0.1, -0.05) is 24.3 Å². The molecule has 23 heavy (non-hydrogen) atoms. The number of hydrogen-bond donors (Lipinski definition) is 0. The van der Waals surface area contributed by atoms with Crippen molar-refractivity contribution in [3.8, 4) is 5.75 Å². The number of benzene rings is 2. The van der Waals surface area contributed by atoms with E-state index in [1.165, 1.54) is 5.39 Å². The third kappa shape index (κ3) is 2.63. The highest BCUT2D eigenvalue weighted by molar-refractivity contribution is 5.93. The first-order chi connectivity index (χ1) is 11.3.